The zero-order chi connectivity index (χ0) is 13.1. The Labute approximate surface area is 115 Å². The number of halogens is 3. The van der Waals surface area contributed by atoms with Crippen LogP contribution in [0.4, 0.5) is 4.39 Å². The Hall–Kier alpha value is -1.09. The van der Waals surface area contributed by atoms with Crippen LogP contribution in [0, 0.1) is 5.82 Å². The molecule has 0 amide bonds. The molecule has 0 spiro atoms. The van der Waals surface area contributed by atoms with Crippen molar-refractivity contribution in [1.82, 2.24) is 0 Å². The largest absolute Gasteiger partial charge is 0.388 e. The Kier molecular flexibility index (Phi) is 4.23. The van der Waals surface area contributed by atoms with E-state index >= 15 is 0 Å². The van der Waals surface area contributed by atoms with Crippen molar-refractivity contribution in [2.45, 2.75) is 12.5 Å². The molecule has 0 aliphatic carbocycles. The Bertz CT molecular complexity index is 540. The van der Waals surface area contributed by atoms with E-state index in [1.807, 2.05) is 0 Å². The lowest BCUT2D eigenvalue weighted by molar-refractivity contribution is 0.173. The van der Waals surface area contributed by atoms with Crippen molar-refractivity contribution in [3.05, 3.63) is 69.5 Å². The van der Waals surface area contributed by atoms with Crippen molar-refractivity contribution in [3.8, 4) is 0 Å². The molecule has 0 radical (unpaired) electrons. The first kappa shape index (κ1) is 13.3. The van der Waals surface area contributed by atoms with E-state index < -0.39 is 11.9 Å². The van der Waals surface area contributed by atoms with Gasteiger partial charge in [-0.3, -0.25) is 0 Å². The molecule has 0 heterocycles. The second-order valence-electron chi connectivity index (χ2n) is 4.01. The van der Waals surface area contributed by atoms with Crippen molar-refractivity contribution >= 4 is 23.2 Å². The van der Waals surface area contributed by atoms with Crippen LogP contribution in [-0.2, 0) is 6.42 Å². The van der Waals surface area contributed by atoms with Crippen LogP contribution in [0.15, 0.2) is 42.5 Å². The van der Waals surface area contributed by atoms with Crippen LogP contribution in [0.3, 0.4) is 0 Å². The van der Waals surface area contributed by atoms with Gasteiger partial charge in [0.05, 0.1) is 6.10 Å². The van der Waals surface area contributed by atoms with Gasteiger partial charge in [0.15, 0.2) is 0 Å². The van der Waals surface area contributed by atoms with Crippen LogP contribution in [0.25, 0.3) is 0 Å². The van der Waals surface area contributed by atoms with E-state index in [0.717, 1.165) is 5.56 Å². The highest BCUT2D eigenvalue weighted by molar-refractivity contribution is 6.30. The zero-order valence-corrected chi connectivity index (χ0v) is 10.9. The van der Waals surface area contributed by atoms with Crippen molar-refractivity contribution in [2.24, 2.45) is 0 Å². The summed E-state index contributed by atoms with van der Waals surface area (Å²) in [5.41, 5.74) is 1.13. The third-order valence-corrected chi connectivity index (χ3v) is 3.15. The molecular formula is C14H11Cl2FO. The molecule has 2 aromatic rings. The number of aliphatic hydroxyl groups excluding tert-OH is 1. The highest BCUT2D eigenvalue weighted by Gasteiger charge is 2.13. The summed E-state index contributed by atoms with van der Waals surface area (Å²) < 4.78 is 13.6. The molecule has 18 heavy (non-hydrogen) atoms. The number of hydrogen-bond donors (Lipinski definition) is 1. The Morgan fingerprint density at radius 2 is 1.61 bits per heavy atom. The van der Waals surface area contributed by atoms with E-state index in [4.69, 9.17) is 23.2 Å². The maximum Gasteiger partial charge on any atom is 0.130 e. The van der Waals surface area contributed by atoms with Crippen LogP contribution in [0.1, 0.15) is 17.2 Å². The number of hydrogen-bond acceptors (Lipinski definition) is 1. The summed E-state index contributed by atoms with van der Waals surface area (Å²) in [7, 11) is 0. The lowest BCUT2D eigenvalue weighted by atomic mass is 10.0. The van der Waals surface area contributed by atoms with Crippen LogP contribution in [0.5, 0.6) is 0 Å². The van der Waals surface area contributed by atoms with Gasteiger partial charge in [-0.25, -0.2) is 4.39 Å². The Balaban J connectivity index is 2.16. The van der Waals surface area contributed by atoms with Gasteiger partial charge in [-0.2, -0.15) is 0 Å². The van der Waals surface area contributed by atoms with Gasteiger partial charge in [-0.1, -0.05) is 41.4 Å². The minimum Gasteiger partial charge on any atom is -0.388 e. The normalized spacial score (nSPS) is 12.4. The molecule has 1 atom stereocenters. The second-order valence-corrected chi connectivity index (χ2v) is 4.89. The summed E-state index contributed by atoms with van der Waals surface area (Å²) in [6.45, 7) is 0. The topological polar surface area (TPSA) is 20.2 Å². The summed E-state index contributed by atoms with van der Waals surface area (Å²) in [6.07, 6.45) is -0.571. The molecule has 0 saturated carbocycles. The van der Waals surface area contributed by atoms with E-state index in [9.17, 15) is 9.50 Å². The fourth-order valence-electron chi connectivity index (χ4n) is 1.73. The Morgan fingerprint density at radius 1 is 1.00 bits per heavy atom. The molecule has 2 rings (SSSR count). The van der Waals surface area contributed by atoms with Gasteiger partial charge in [0.25, 0.3) is 0 Å². The lowest BCUT2D eigenvalue weighted by Crippen LogP contribution is -2.04. The maximum absolute atomic E-state index is 13.6. The van der Waals surface area contributed by atoms with Gasteiger partial charge in [-0.05, 0) is 29.8 Å². The van der Waals surface area contributed by atoms with Crippen LogP contribution < -0.4 is 0 Å². The van der Waals surface area contributed by atoms with Gasteiger partial charge >= 0.3 is 0 Å². The standard InChI is InChI=1S/C14H11Cl2FO/c15-10-3-1-9(2-4-10)7-14(18)12-6-5-11(16)8-13(12)17/h1-6,8,14,18H,7H2. The fourth-order valence-corrected chi connectivity index (χ4v) is 2.01. The van der Waals surface area contributed by atoms with Gasteiger partial charge in [0.2, 0.25) is 0 Å². The highest BCUT2D eigenvalue weighted by atomic mass is 35.5. The molecule has 1 nitrogen and oxygen atoms in total. The number of aliphatic hydroxyl groups is 1. The summed E-state index contributed by atoms with van der Waals surface area (Å²) in [4.78, 5) is 0. The van der Waals surface area contributed by atoms with E-state index in [0.29, 0.717) is 16.5 Å². The summed E-state index contributed by atoms with van der Waals surface area (Å²) in [5.74, 6) is -0.496. The van der Waals surface area contributed by atoms with E-state index in [1.54, 1.807) is 30.3 Å². The van der Waals surface area contributed by atoms with Crippen molar-refractivity contribution < 1.29 is 9.50 Å². The monoisotopic (exact) mass is 284 g/mol. The minimum absolute atomic E-state index is 0.245. The summed E-state index contributed by atoms with van der Waals surface area (Å²) in [6, 6.07) is 11.3. The molecule has 1 unspecified atom stereocenters. The summed E-state index contributed by atoms with van der Waals surface area (Å²) in [5, 5.41) is 10.9. The van der Waals surface area contributed by atoms with Gasteiger partial charge in [0.1, 0.15) is 5.82 Å². The van der Waals surface area contributed by atoms with Crippen molar-refractivity contribution in [3.63, 3.8) is 0 Å². The molecule has 0 bridgehead atoms. The summed E-state index contributed by atoms with van der Waals surface area (Å²) >= 11 is 11.4. The number of benzene rings is 2. The fraction of sp³-hybridized carbons (Fsp3) is 0.143. The average molecular weight is 285 g/mol. The predicted molar refractivity (Wildman–Crippen MR) is 71.5 cm³/mol. The molecule has 1 N–H and O–H groups in total. The van der Waals surface area contributed by atoms with Crippen LogP contribution in [-0.4, -0.2) is 5.11 Å². The Morgan fingerprint density at radius 3 is 2.22 bits per heavy atom. The highest BCUT2D eigenvalue weighted by Crippen LogP contribution is 2.24. The van der Waals surface area contributed by atoms with Crippen LogP contribution in [0.2, 0.25) is 10.0 Å². The smallest absolute Gasteiger partial charge is 0.130 e. The van der Waals surface area contributed by atoms with Gasteiger partial charge in [-0.15, -0.1) is 0 Å². The van der Waals surface area contributed by atoms with E-state index in [-0.39, 0.29) is 5.56 Å². The van der Waals surface area contributed by atoms with Gasteiger partial charge in [0, 0.05) is 22.0 Å². The minimum atomic E-state index is -0.900. The van der Waals surface area contributed by atoms with Crippen molar-refractivity contribution in [1.29, 1.82) is 0 Å². The SMILES string of the molecule is OC(Cc1ccc(Cl)cc1)c1ccc(Cl)cc1F. The first-order valence-corrected chi connectivity index (χ1v) is 6.19. The third kappa shape index (κ3) is 3.22. The lowest BCUT2D eigenvalue weighted by Gasteiger charge is -2.12. The molecule has 4 heteroatoms. The molecule has 0 aliphatic heterocycles. The second kappa shape index (κ2) is 5.70. The van der Waals surface area contributed by atoms with E-state index in [2.05, 4.69) is 0 Å². The first-order chi connectivity index (χ1) is 8.56. The first-order valence-electron chi connectivity index (χ1n) is 5.44. The quantitative estimate of drug-likeness (QED) is 0.885. The maximum atomic E-state index is 13.6. The molecule has 0 saturated heterocycles. The third-order valence-electron chi connectivity index (χ3n) is 2.66. The molecular weight excluding hydrogens is 274 g/mol. The van der Waals surface area contributed by atoms with Crippen LogP contribution >= 0.6 is 23.2 Å². The molecule has 94 valence electrons. The predicted octanol–water partition coefficient (Wildman–Crippen LogP) is 4.41. The molecule has 0 aliphatic rings. The van der Waals surface area contributed by atoms with Crippen molar-refractivity contribution in [2.75, 3.05) is 0 Å². The number of rotatable bonds is 3. The molecule has 2 aromatic carbocycles. The molecule has 0 aromatic heterocycles. The average Bonchev–Trinajstić information content (AvgIpc) is 2.32. The molecule has 0 fully saturated rings. The van der Waals surface area contributed by atoms with E-state index in [1.165, 1.54) is 12.1 Å². The van der Waals surface area contributed by atoms with Gasteiger partial charge < -0.3 is 5.11 Å². The zero-order valence-electron chi connectivity index (χ0n) is 9.41.